The third-order valence-corrected chi connectivity index (χ3v) is 3.70. The monoisotopic (exact) mass is 219 g/mol. The van der Waals surface area contributed by atoms with Gasteiger partial charge in [-0.15, -0.1) is 11.8 Å². The first-order valence-electron chi connectivity index (χ1n) is 5.47. The summed E-state index contributed by atoms with van der Waals surface area (Å²) in [6.07, 6.45) is 5.78. The van der Waals surface area contributed by atoms with E-state index in [0.717, 1.165) is 6.42 Å². The van der Waals surface area contributed by atoms with E-state index in [1.165, 1.54) is 23.5 Å². The Morgan fingerprint density at radius 1 is 1.27 bits per heavy atom. The number of hydrogen-bond acceptors (Lipinski definition) is 2. The lowest BCUT2D eigenvalue weighted by Gasteiger charge is -2.01. The first-order chi connectivity index (χ1) is 7.34. The second-order valence-corrected chi connectivity index (χ2v) is 5.11. The van der Waals surface area contributed by atoms with Crippen LogP contribution in [0.2, 0.25) is 0 Å². The molecule has 0 bridgehead atoms. The van der Waals surface area contributed by atoms with Gasteiger partial charge < -0.3 is 5.73 Å². The molecular weight excluding hydrogens is 202 g/mol. The van der Waals surface area contributed by atoms with Gasteiger partial charge in [0, 0.05) is 16.7 Å². The van der Waals surface area contributed by atoms with Gasteiger partial charge in [0.2, 0.25) is 0 Å². The molecule has 1 aromatic carbocycles. The number of nitrogens with two attached hydrogens (primary N) is 1. The van der Waals surface area contributed by atoms with Crippen molar-refractivity contribution in [3.8, 4) is 0 Å². The zero-order valence-electron chi connectivity index (χ0n) is 8.86. The molecule has 15 heavy (non-hydrogen) atoms. The van der Waals surface area contributed by atoms with Crippen LogP contribution in [0.5, 0.6) is 0 Å². The predicted molar refractivity (Wildman–Crippen MR) is 67.1 cm³/mol. The molecule has 80 valence electrons. The van der Waals surface area contributed by atoms with Crippen molar-refractivity contribution in [1.82, 2.24) is 0 Å². The molecule has 1 aliphatic carbocycles. The van der Waals surface area contributed by atoms with Crippen LogP contribution in [0.1, 0.15) is 19.3 Å². The number of allylic oxidation sites excluding steroid dienone is 1. The second kappa shape index (κ2) is 5.38. The first-order valence-corrected chi connectivity index (χ1v) is 6.46. The summed E-state index contributed by atoms with van der Waals surface area (Å²) in [6, 6.07) is 10.9. The normalized spacial score (nSPS) is 20.3. The largest absolute Gasteiger partial charge is 0.324 e. The zero-order valence-corrected chi connectivity index (χ0v) is 9.67. The Balaban J connectivity index is 1.74. The van der Waals surface area contributed by atoms with Crippen LogP contribution in [0.15, 0.2) is 46.9 Å². The Labute approximate surface area is 95.8 Å². The molecule has 0 aliphatic heterocycles. The van der Waals surface area contributed by atoms with E-state index in [-0.39, 0.29) is 0 Å². The summed E-state index contributed by atoms with van der Waals surface area (Å²) in [5.74, 6) is 1.17. The molecule has 0 fully saturated rings. The number of hydrogen-bond donors (Lipinski definition) is 1. The summed E-state index contributed by atoms with van der Waals surface area (Å²) < 4.78 is 0. The molecule has 1 nitrogen and oxygen atoms in total. The van der Waals surface area contributed by atoms with Crippen LogP contribution in [-0.4, -0.2) is 11.8 Å². The maximum absolute atomic E-state index is 5.82. The summed E-state index contributed by atoms with van der Waals surface area (Å²) in [4.78, 5) is 1.36. The van der Waals surface area contributed by atoms with E-state index in [0.29, 0.717) is 6.04 Å². The summed E-state index contributed by atoms with van der Waals surface area (Å²) in [7, 11) is 0. The van der Waals surface area contributed by atoms with Crippen molar-refractivity contribution in [3.63, 3.8) is 0 Å². The summed E-state index contributed by atoms with van der Waals surface area (Å²) in [6.45, 7) is 0. The minimum absolute atomic E-state index is 0.321. The highest BCUT2D eigenvalue weighted by molar-refractivity contribution is 7.99. The van der Waals surface area contributed by atoms with Crippen LogP contribution in [0.3, 0.4) is 0 Å². The van der Waals surface area contributed by atoms with E-state index >= 15 is 0 Å². The lowest BCUT2D eigenvalue weighted by molar-refractivity contribution is 0.769. The molecule has 1 atom stereocenters. The van der Waals surface area contributed by atoms with E-state index in [9.17, 15) is 0 Å². The zero-order chi connectivity index (χ0) is 10.5. The molecule has 2 rings (SSSR count). The summed E-state index contributed by atoms with van der Waals surface area (Å²) in [5.41, 5.74) is 7.37. The van der Waals surface area contributed by atoms with Crippen molar-refractivity contribution in [2.75, 3.05) is 5.75 Å². The van der Waals surface area contributed by atoms with E-state index < -0.39 is 0 Å². The fraction of sp³-hybridized carbons (Fsp3) is 0.385. The standard InChI is InChI=1S/C13H17NS/c14-12-7-6-11(10-12)8-9-15-13-4-2-1-3-5-13/h1-5,10,12H,6-9,14H2. The molecule has 1 aromatic rings. The van der Waals surface area contributed by atoms with E-state index in [1.807, 2.05) is 11.8 Å². The number of thioether (sulfide) groups is 1. The summed E-state index contributed by atoms with van der Waals surface area (Å²) >= 11 is 1.93. The van der Waals surface area contributed by atoms with Crippen molar-refractivity contribution in [3.05, 3.63) is 42.0 Å². The van der Waals surface area contributed by atoms with E-state index in [1.54, 1.807) is 5.57 Å². The van der Waals surface area contributed by atoms with Gasteiger partial charge in [0.1, 0.15) is 0 Å². The molecule has 0 spiro atoms. The van der Waals surface area contributed by atoms with Crippen molar-refractivity contribution in [2.24, 2.45) is 5.73 Å². The Kier molecular flexibility index (Phi) is 3.87. The molecule has 1 unspecified atom stereocenters. The van der Waals surface area contributed by atoms with Crippen molar-refractivity contribution in [2.45, 2.75) is 30.2 Å². The molecular formula is C13H17NS. The van der Waals surface area contributed by atoms with Crippen molar-refractivity contribution >= 4 is 11.8 Å². The molecule has 0 aromatic heterocycles. The van der Waals surface area contributed by atoms with E-state index in [4.69, 9.17) is 5.73 Å². The van der Waals surface area contributed by atoms with Crippen LogP contribution < -0.4 is 5.73 Å². The third-order valence-electron chi connectivity index (χ3n) is 2.68. The molecule has 0 saturated heterocycles. The Bertz CT molecular complexity index is 332. The molecule has 0 radical (unpaired) electrons. The predicted octanol–water partition coefficient (Wildman–Crippen LogP) is 3.22. The van der Waals surface area contributed by atoms with Gasteiger partial charge in [0.15, 0.2) is 0 Å². The lowest BCUT2D eigenvalue weighted by Crippen LogP contribution is -2.11. The third kappa shape index (κ3) is 3.40. The van der Waals surface area contributed by atoms with Gasteiger partial charge in [-0.05, 0) is 31.4 Å². The number of benzene rings is 1. The van der Waals surface area contributed by atoms with Gasteiger partial charge >= 0.3 is 0 Å². The van der Waals surface area contributed by atoms with Crippen LogP contribution in [-0.2, 0) is 0 Å². The summed E-state index contributed by atoms with van der Waals surface area (Å²) in [5, 5.41) is 0. The highest BCUT2D eigenvalue weighted by Crippen LogP contribution is 2.24. The van der Waals surface area contributed by atoms with Crippen molar-refractivity contribution in [1.29, 1.82) is 0 Å². The minimum Gasteiger partial charge on any atom is -0.324 e. The Hall–Kier alpha value is -0.730. The number of rotatable bonds is 4. The average molecular weight is 219 g/mol. The van der Waals surface area contributed by atoms with Gasteiger partial charge in [0.25, 0.3) is 0 Å². The maximum atomic E-state index is 5.82. The smallest absolute Gasteiger partial charge is 0.0229 e. The molecule has 1 aliphatic rings. The molecule has 0 heterocycles. The fourth-order valence-electron chi connectivity index (χ4n) is 1.85. The molecule has 0 saturated carbocycles. The molecule has 2 heteroatoms. The topological polar surface area (TPSA) is 26.0 Å². The van der Waals surface area contributed by atoms with Crippen LogP contribution in [0.4, 0.5) is 0 Å². The highest BCUT2D eigenvalue weighted by atomic mass is 32.2. The van der Waals surface area contributed by atoms with Crippen molar-refractivity contribution < 1.29 is 0 Å². The van der Waals surface area contributed by atoms with Gasteiger partial charge in [-0.1, -0.05) is 29.8 Å². The minimum atomic E-state index is 0.321. The van der Waals surface area contributed by atoms with E-state index in [2.05, 4.69) is 36.4 Å². The fourth-order valence-corrected chi connectivity index (χ4v) is 2.80. The van der Waals surface area contributed by atoms with Crippen LogP contribution in [0, 0.1) is 0 Å². The molecule has 0 amide bonds. The first kappa shape index (κ1) is 10.8. The van der Waals surface area contributed by atoms with Gasteiger partial charge in [0.05, 0.1) is 0 Å². The van der Waals surface area contributed by atoms with Crippen LogP contribution >= 0.6 is 11.8 Å². The average Bonchev–Trinajstić information content (AvgIpc) is 2.66. The SMILES string of the molecule is NC1C=C(CCSc2ccccc2)CC1. The molecule has 2 N–H and O–H groups in total. The quantitative estimate of drug-likeness (QED) is 0.621. The van der Waals surface area contributed by atoms with Gasteiger partial charge in [-0.3, -0.25) is 0 Å². The Morgan fingerprint density at radius 3 is 2.73 bits per heavy atom. The maximum Gasteiger partial charge on any atom is 0.0229 e. The Morgan fingerprint density at radius 2 is 2.07 bits per heavy atom. The van der Waals surface area contributed by atoms with Crippen LogP contribution in [0.25, 0.3) is 0 Å². The second-order valence-electron chi connectivity index (χ2n) is 3.94. The lowest BCUT2D eigenvalue weighted by atomic mass is 10.2. The highest BCUT2D eigenvalue weighted by Gasteiger charge is 2.10. The van der Waals surface area contributed by atoms with Gasteiger partial charge in [-0.25, -0.2) is 0 Å². The van der Waals surface area contributed by atoms with Gasteiger partial charge in [-0.2, -0.15) is 0 Å².